The first-order valence-corrected chi connectivity index (χ1v) is 8.12. The van der Waals surface area contributed by atoms with Gasteiger partial charge >= 0.3 is 0 Å². The maximum atomic E-state index is 13.6. The van der Waals surface area contributed by atoms with Crippen LogP contribution in [0.1, 0.15) is 24.9 Å². The highest BCUT2D eigenvalue weighted by molar-refractivity contribution is 7.91. The van der Waals surface area contributed by atoms with Gasteiger partial charge in [-0.25, -0.2) is 12.8 Å². The molecule has 2 atom stereocenters. The molecule has 0 saturated carbocycles. The van der Waals surface area contributed by atoms with E-state index in [1.54, 1.807) is 0 Å². The van der Waals surface area contributed by atoms with Gasteiger partial charge in [0.2, 0.25) is 0 Å². The van der Waals surface area contributed by atoms with Gasteiger partial charge in [0.05, 0.1) is 11.5 Å². The van der Waals surface area contributed by atoms with Gasteiger partial charge in [0.25, 0.3) is 0 Å². The molecule has 0 amide bonds. The van der Waals surface area contributed by atoms with Gasteiger partial charge in [-0.3, -0.25) is 0 Å². The van der Waals surface area contributed by atoms with Crippen LogP contribution >= 0.6 is 0 Å². The number of sulfone groups is 1. The first-order chi connectivity index (χ1) is 8.87. The maximum absolute atomic E-state index is 13.6. The van der Waals surface area contributed by atoms with E-state index in [2.05, 4.69) is 5.32 Å². The lowest BCUT2D eigenvalue weighted by atomic mass is 10.1. The quantitative estimate of drug-likeness (QED) is 0.883. The molecule has 1 heterocycles. The van der Waals surface area contributed by atoms with Crippen molar-refractivity contribution >= 4 is 9.84 Å². The molecule has 0 aromatic heterocycles. The minimum absolute atomic E-state index is 0.102. The molecular weight excluding hydrogens is 269 g/mol. The molecule has 1 aliphatic heterocycles. The second-order valence-corrected chi connectivity index (χ2v) is 7.33. The Labute approximate surface area is 112 Å². The SMILES string of the molecule is CC(NCC1CCS(=O)(=O)C1)c1ccc(O)cc1F. The molecule has 0 radical (unpaired) electrons. The fourth-order valence-corrected chi connectivity index (χ4v) is 4.22. The first-order valence-electron chi connectivity index (χ1n) is 6.29. The monoisotopic (exact) mass is 287 g/mol. The topological polar surface area (TPSA) is 66.4 Å². The second kappa shape index (κ2) is 5.46. The Morgan fingerprint density at radius 1 is 1.53 bits per heavy atom. The predicted molar refractivity (Wildman–Crippen MR) is 71.2 cm³/mol. The Bertz CT molecular complexity index is 559. The summed E-state index contributed by atoms with van der Waals surface area (Å²) in [5.41, 5.74) is 0.471. The van der Waals surface area contributed by atoms with Crippen molar-refractivity contribution in [2.75, 3.05) is 18.1 Å². The molecule has 2 rings (SSSR count). The van der Waals surface area contributed by atoms with Crippen LogP contribution in [-0.2, 0) is 9.84 Å². The third-order valence-corrected chi connectivity index (χ3v) is 5.33. The summed E-state index contributed by atoms with van der Waals surface area (Å²) < 4.78 is 36.3. The molecular formula is C13H18FNO3S. The van der Waals surface area contributed by atoms with Crippen LogP contribution in [0.15, 0.2) is 18.2 Å². The number of nitrogens with one attached hydrogen (secondary N) is 1. The van der Waals surface area contributed by atoms with Gasteiger partial charge < -0.3 is 10.4 Å². The molecule has 0 spiro atoms. The lowest BCUT2D eigenvalue weighted by Gasteiger charge is -2.17. The summed E-state index contributed by atoms with van der Waals surface area (Å²) in [6.07, 6.45) is 0.667. The smallest absolute Gasteiger partial charge is 0.150 e. The Morgan fingerprint density at radius 2 is 2.26 bits per heavy atom. The van der Waals surface area contributed by atoms with E-state index in [9.17, 15) is 12.8 Å². The normalized spacial score (nSPS) is 23.4. The van der Waals surface area contributed by atoms with Crippen molar-refractivity contribution in [1.82, 2.24) is 5.32 Å². The van der Waals surface area contributed by atoms with E-state index < -0.39 is 15.7 Å². The van der Waals surface area contributed by atoms with Crippen molar-refractivity contribution in [2.45, 2.75) is 19.4 Å². The highest BCUT2D eigenvalue weighted by Crippen LogP contribution is 2.22. The van der Waals surface area contributed by atoms with Crippen molar-refractivity contribution in [3.8, 4) is 5.75 Å². The van der Waals surface area contributed by atoms with Crippen LogP contribution in [0.5, 0.6) is 5.75 Å². The minimum Gasteiger partial charge on any atom is -0.508 e. The number of phenolic OH excluding ortho intramolecular Hbond substituents is 1. The van der Waals surface area contributed by atoms with Crippen molar-refractivity contribution in [3.05, 3.63) is 29.6 Å². The highest BCUT2D eigenvalue weighted by Gasteiger charge is 2.27. The Kier molecular flexibility index (Phi) is 4.10. The molecule has 1 aromatic rings. The summed E-state index contributed by atoms with van der Waals surface area (Å²) in [6.45, 7) is 2.37. The number of halogens is 1. The standard InChI is InChI=1S/C13H18FNO3S/c1-9(12-3-2-11(16)6-13(12)14)15-7-10-4-5-19(17,18)8-10/h2-3,6,9-10,15-16H,4-5,7-8H2,1H3. The molecule has 0 bridgehead atoms. The van der Waals surface area contributed by atoms with Gasteiger partial charge in [-0.1, -0.05) is 6.07 Å². The Balaban J connectivity index is 1.93. The van der Waals surface area contributed by atoms with Gasteiger partial charge in [0, 0.05) is 17.7 Å². The van der Waals surface area contributed by atoms with E-state index in [0.717, 1.165) is 6.07 Å². The van der Waals surface area contributed by atoms with Crippen molar-refractivity contribution < 1.29 is 17.9 Å². The van der Waals surface area contributed by atoms with Gasteiger partial charge in [-0.15, -0.1) is 0 Å². The third-order valence-electron chi connectivity index (χ3n) is 3.49. The number of rotatable bonds is 4. The van der Waals surface area contributed by atoms with Gasteiger partial charge in [-0.05, 0) is 31.9 Å². The van der Waals surface area contributed by atoms with Crippen molar-refractivity contribution in [1.29, 1.82) is 0 Å². The molecule has 19 heavy (non-hydrogen) atoms. The van der Waals surface area contributed by atoms with Crippen molar-refractivity contribution in [3.63, 3.8) is 0 Å². The lowest BCUT2D eigenvalue weighted by Crippen LogP contribution is -2.27. The zero-order valence-electron chi connectivity index (χ0n) is 10.8. The fraction of sp³-hybridized carbons (Fsp3) is 0.538. The minimum atomic E-state index is -2.87. The molecule has 1 aliphatic rings. The van der Waals surface area contributed by atoms with Crippen LogP contribution in [0.25, 0.3) is 0 Å². The average molecular weight is 287 g/mol. The molecule has 6 heteroatoms. The van der Waals surface area contributed by atoms with E-state index in [-0.39, 0.29) is 29.2 Å². The fourth-order valence-electron chi connectivity index (χ4n) is 2.35. The zero-order valence-corrected chi connectivity index (χ0v) is 11.6. The van der Waals surface area contributed by atoms with E-state index in [0.29, 0.717) is 18.5 Å². The summed E-state index contributed by atoms with van der Waals surface area (Å²) >= 11 is 0. The number of phenols is 1. The summed E-state index contributed by atoms with van der Waals surface area (Å²) in [5.74, 6) is 0.00789. The van der Waals surface area contributed by atoms with E-state index >= 15 is 0 Å². The largest absolute Gasteiger partial charge is 0.508 e. The van der Waals surface area contributed by atoms with Crippen LogP contribution < -0.4 is 5.32 Å². The maximum Gasteiger partial charge on any atom is 0.150 e. The van der Waals surface area contributed by atoms with E-state index in [1.165, 1.54) is 12.1 Å². The summed E-state index contributed by atoms with van der Waals surface area (Å²) in [7, 11) is -2.87. The summed E-state index contributed by atoms with van der Waals surface area (Å²) in [6, 6.07) is 3.83. The van der Waals surface area contributed by atoms with Crippen molar-refractivity contribution in [2.24, 2.45) is 5.92 Å². The Hall–Kier alpha value is -1.14. The summed E-state index contributed by atoms with van der Waals surface area (Å²) in [4.78, 5) is 0. The Morgan fingerprint density at radius 3 is 2.84 bits per heavy atom. The molecule has 2 N–H and O–H groups in total. The second-order valence-electron chi connectivity index (χ2n) is 5.10. The number of hydrogen-bond donors (Lipinski definition) is 2. The molecule has 106 valence electrons. The molecule has 1 fully saturated rings. The first kappa shape index (κ1) is 14.3. The molecule has 1 saturated heterocycles. The number of aromatic hydroxyl groups is 1. The molecule has 1 aromatic carbocycles. The van der Waals surface area contributed by atoms with Gasteiger partial charge in [-0.2, -0.15) is 0 Å². The number of hydrogen-bond acceptors (Lipinski definition) is 4. The predicted octanol–water partition coefficient (Wildman–Crippen LogP) is 1.62. The molecule has 2 unspecified atom stereocenters. The van der Waals surface area contributed by atoms with Crippen LogP contribution in [-0.4, -0.2) is 31.6 Å². The molecule has 0 aliphatic carbocycles. The zero-order chi connectivity index (χ0) is 14.0. The van der Waals surface area contributed by atoms with Gasteiger partial charge in [0.15, 0.2) is 9.84 Å². The summed E-state index contributed by atoms with van der Waals surface area (Å²) in [5, 5.41) is 12.3. The average Bonchev–Trinajstić information content (AvgIpc) is 2.66. The van der Waals surface area contributed by atoms with E-state index in [1.807, 2.05) is 6.92 Å². The lowest BCUT2D eigenvalue weighted by molar-refractivity contribution is 0.451. The molecule has 4 nitrogen and oxygen atoms in total. The van der Waals surface area contributed by atoms with Crippen LogP contribution in [0.2, 0.25) is 0 Å². The number of benzene rings is 1. The van der Waals surface area contributed by atoms with Crippen LogP contribution in [0.3, 0.4) is 0 Å². The third kappa shape index (κ3) is 3.67. The van der Waals surface area contributed by atoms with Gasteiger partial charge in [0.1, 0.15) is 11.6 Å². The van der Waals surface area contributed by atoms with E-state index in [4.69, 9.17) is 5.11 Å². The van der Waals surface area contributed by atoms with Crippen LogP contribution in [0, 0.1) is 11.7 Å². The highest BCUT2D eigenvalue weighted by atomic mass is 32.2. The van der Waals surface area contributed by atoms with Crippen LogP contribution in [0.4, 0.5) is 4.39 Å².